The lowest BCUT2D eigenvalue weighted by atomic mass is 9.73. The summed E-state index contributed by atoms with van der Waals surface area (Å²) in [5, 5.41) is 14.5. The summed E-state index contributed by atoms with van der Waals surface area (Å²) in [6.45, 7) is 8.56. The lowest BCUT2D eigenvalue weighted by Gasteiger charge is -2.37. The molecule has 0 aliphatic heterocycles. The zero-order chi connectivity index (χ0) is 35.4. The average molecular weight is 687 g/mol. The van der Waals surface area contributed by atoms with E-state index in [1.54, 1.807) is 25.3 Å². The number of pyridine rings is 3. The summed E-state index contributed by atoms with van der Waals surface area (Å²) in [6, 6.07) is 9.78. The number of halogens is 2. The molecule has 3 aromatic heterocycles. The molecular formula is C35H44F2N4O8. The summed E-state index contributed by atoms with van der Waals surface area (Å²) in [5.74, 6) is -0.331. The number of carbonyl (C=O) groups is 2. The number of aryl methyl sites for hydroxylation is 1. The second-order valence-electron chi connectivity index (χ2n) is 12.0. The molecule has 12 nitrogen and oxygen atoms in total. The van der Waals surface area contributed by atoms with Gasteiger partial charge in [0.2, 0.25) is 6.29 Å². The highest BCUT2D eigenvalue weighted by Gasteiger charge is 2.39. The summed E-state index contributed by atoms with van der Waals surface area (Å²) in [4.78, 5) is 37.9. The van der Waals surface area contributed by atoms with E-state index in [4.69, 9.17) is 23.7 Å². The Morgan fingerprint density at radius 2 is 1.71 bits per heavy atom. The van der Waals surface area contributed by atoms with Crippen LogP contribution in [0.2, 0.25) is 0 Å². The van der Waals surface area contributed by atoms with Crippen LogP contribution in [-0.4, -0.2) is 71.5 Å². The first kappa shape index (κ1) is 37.5. The van der Waals surface area contributed by atoms with Crippen molar-refractivity contribution in [1.29, 1.82) is 0 Å². The predicted octanol–water partition coefficient (Wildman–Crippen LogP) is 6.64. The van der Waals surface area contributed by atoms with Crippen LogP contribution in [-0.2, 0) is 34.1 Å². The molecule has 0 aromatic carbocycles. The number of nitrogens with zero attached hydrogens (tertiary/aromatic N) is 3. The maximum Gasteiger partial charge on any atom is 0.511 e. The van der Waals surface area contributed by atoms with E-state index in [0.29, 0.717) is 68.3 Å². The molecule has 0 saturated heterocycles. The Morgan fingerprint density at radius 3 is 2.41 bits per heavy atom. The molecule has 1 fully saturated rings. The van der Waals surface area contributed by atoms with E-state index in [-0.39, 0.29) is 30.5 Å². The van der Waals surface area contributed by atoms with Gasteiger partial charge in [0.15, 0.2) is 0 Å². The normalized spacial score (nSPS) is 18.0. The summed E-state index contributed by atoms with van der Waals surface area (Å²) < 4.78 is 51.9. The van der Waals surface area contributed by atoms with Crippen LogP contribution >= 0.6 is 0 Å². The smallest absolute Gasteiger partial charge is 0.432 e. The molecule has 1 aliphatic carbocycles. The van der Waals surface area contributed by atoms with Gasteiger partial charge in [-0.1, -0.05) is 0 Å². The second-order valence-corrected chi connectivity index (χ2v) is 12.0. The van der Waals surface area contributed by atoms with Crippen molar-refractivity contribution >= 4 is 23.8 Å². The van der Waals surface area contributed by atoms with Crippen molar-refractivity contribution in [2.75, 3.05) is 38.4 Å². The van der Waals surface area contributed by atoms with Gasteiger partial charge in [0.1, 0.15) is 23.8 Å². The first-order chi connectivity index (χ1) is 23.5. The Bertz CT molecular complexity index is 1520. The SMILES string of the molecule is CCOCCOCCOC(=O)OC(C)OC(=O)[C@H]1CC[C@H]([C@@](C)(O)c2ccc(-c3cc(C)cc(Nc4cc(C(F)F)ccn4)n3)cn2)CC1. The summed E-state index contributed by atoms with van der Waals surface area (Å²) >= 11 is 0. The fraction of sp³-hybridized carbons (Fsp3) is 0.514. The van der Waals surface area contributed by atoms with Gasteiger partial charge in [0.05, 0.1) is 37.1 Å². The number of carbonyl (C=O) groups excluding carboxylic acids is 2. The predicted molar refractivity (Wildman–Crippen MR) is 175 cm³/mol. The van der Waals surface area contributed by atoms with Gasteiger partial charge in [-0.2, -0.15) is 0 Å². The highest BCUT2D eigenvalue weighted by molar-refractivity contribution is 5.73. The molecule has 2 N–H and O–H groups in total. The average Bonchev–Trinajstić information content (AvgIpc) is 3.07. The van der Waals surface area contributed by atoms with Crippen molar-refractivity contribution < 1.29 is 47.2 Å². The zero-order valence-corrected chi connectivity index (χ0v) is 28.2. The number of hydrogen-bond donors (Lipinski definition) is 2. The molecule has 1 aliphatic rings. The molecule has 0 bridgehead atoms. The highest BCUT2D eigenvalue weighted by atomic mass is 19.3. The lowest BCUT2D eigenvalue weighted by Crippen LogP contribution is -2.37. The largest absolute Gasteiger partial charge is 0.511 e. The molecule has 0 spiro atoms. The van der Waals surface area contributed by atoms with Crippen molar-refractivity contribution in [3.63, 3.8) is 0 Å². The minimum Gasteiger partial charge on any atom is -0.432 e. The number of ether oxygens (including phenoxy) is 5. The molecule has 0 amide bonds. The van der Waals surface area contributed by atoms with E-state index in [0.717, 1.165) is 5.56 Å². The van der Waals surface area contributed by atoms with E-state index in [1.165, 1.54) is 25.3 Å². The van der Waals surface area contributed by atoms with Gasteiger partial charge in [-0.05, 0) is 94.3 Å². The maximum absolute atomic E-state index is 13.1. The fourth-order valence-corrected chi connectivity index (χ4v) is 5.61. The van der Waals surface area contributed by atoms with Crippen LogP contribution in [0.3, 0.4) is 0 Å². The number of rotatable bonds is 16. The van der Waals surface area contributed by atoms with Crippen molar-refractivity contribution in [1.82, 2.24) is 15.0 Å². The van der Waals surface area contributed by atoms with Crippen molar-refractivity contribution in [2.45, 2.75) is 71.7 Å². The van der Waals surface area contributed by atoms with Crippen LogP contribution in [0.4, 0.5) is 25.2 Å². The van der Waals surface area contributed by atoms with Gasteiger partial charge in [0, 0.05) is 37.1 Å². The first-order valence-corrected chi connectivity index (χ1v) is 16.3. The van der Waals surface area contributed by atoms with Crippen LogP contribution in [0.1, 0.15) is 69.7 Å². The van der Waals surface area contributed by atoms with Gasteiger partial charge in [-0.3, -0.25) is 9.78 Å². The lowest BCUT2D eigenvalue weighted by molar-refractivity contribution is -0.175. The van der Waals surface area contributed by atoms with Gasteiger partial charge in [-0.15, -0.1) is 0 Å². The third-order valence-electron chi connectivity index (χ3n) is 8.26. The van der Waals surface area contributed by atoms with Gasteiger partial charge in [-0.25, -0.2) is 23.5 Å². The number of esters is 1. The number of alkyl halides is 2. The second kappa shape index (κ2) is 17.9. The summed E-state index contributed by atoms with van der Waals surface area (Å²) in [5.41, 5.74) is 1.30. The molecule has 2 atom stereocenters. The molecule has 49 heavy (non-hydrogen) atoms. The number of hydrogen-bond acceptors (Lipinski definition) is 12. The molecule has 3 heterocycles. The topological polar surface area (TPSA) is 151 Å². The van der Waals surface area contributed by atoms with Crippen LogP contribution in [0.5, 0.6) is 0 Å². The van der Waals surface area contributed by atoms with E-state index < -0.39 is 36.4 Å². The third kappa shape index (κ3) is 11.1. The van der Waals surface area contributed by atoms with Crippen molar-refractivity contribution in [3.8, 4) is 11.3 Å². The zero-order valence-electron chi connectivity index (χ0n) is 28.2. The van der Waals surface area contributed by atoms with E-state index in [9.17, 15) is 23.5 Å². The van der Waals surface area contributed by atoms with E-state index in [2.05, 4.69) is 20.3 Å². The Morgan fingerprint density at radius 1 is 0.980 bits per heavy atom. The molecule has 1 unspecified atom stereocenters. The third-order valence-corrected chi connectivity index (χ3v) is 8.26. The van der Waals surface area contributed by atoms with Crippen LogP contribution in [0.25, 0.3) is 11.3 Å². The standard InChI is InChI=1S/C35H44F2N4O8/c1-5-45-14-15-46-16-17-47-34(43)49-23(3)48-33(42)24-6-9-27(10-7-24)35(4,44)29-11-8-26(21-39-29)28-18-22(2)19-31(40-28)41-30-20-25(32(36)37)12-13-38-30/h8,11-13,18-21,23-24,27,32,44H,5-7,9-10,14-17H2,1-4H3,(H,38,40,41)/t23?,24-,27-,35-/m1/s1. The quantitative estimate of drug-likeness (QED) is 0.0945. The van der Waals surface area contributed by atoms with E-state index in [1.807, 2.05) is 26.0 Å². The monoisotopic (exact) mass is 686 g/mol. The molecular weight excluding hydrogens is 642 g/mol. The molecule has 3 aromatic rings. The molecule has 14 heteroatoms. The van der Waals surface area contributed by atoms with Crippen molar-refractivity contribution in [3.05, 3.63) is 65.6 Å². The molecule has 4 rings (SSSR count). The molecule has 1 saturated carbocycles. The van der Waals surface area contributed by atoms with Crippen LogP contribution < -0.4 is 5.32 Å². The number of aromatic nitrogens is 3. The molecule has 0 radical (unpaired) electrons. The van der Waals surface area contributed by atoms with E-state index >= 15 is 0 Å². The Labute approximate surface area is 284 Å². The minimum atomic E-state index is -2.61. The van der Waals surface area contributed by atoms with Gasteiger partial charge in [0.25, 0.3) is 6.43 Å². The summed E-state index contributed by atoms with van der Waals surface area (Å²) in [6.07, 6.45) is 0.365. The summed E-state index contributed by atoms with van der Waals surface area (Å²) in [7, 11) is 0. The number of anilines is 2. The highest BCUT2D eigenvalue weighted by Crippen LogP contribution is 2.41. The van der Waals surface area contributed by atoms with Gasteiger partial charge >= 0.3 is 12.1 Å². The Kier molecular flexibility index (Phi) is 13.7. The van der Waals surface area contributed by atoms with Gasteiger partial charge < -0.3 is 34.1 Å². The van der Waals surface area contributed by atoms with Crippen molar-refractivity contribution in [2.24, 2.45) is 11.8 Å². The maximum atomic E-state index is 13.1. The number of aliphatic hydroxyl groups is 1. The number of nitrogens with one attached hydrogen (secondary N) is 1. The minimum absolute atomic E-state index is 0.00495. The fourth-order valence-electron chi connectivity index (χ4n) is 5.61. The Balaban J connectivity index is 1.26. The van der Waals surface area contributed by atoms with Crippen LogP contribution in [0, 0.1) is 18.8 Å². The van der Waals surface area contributed by atoms with Crippen LogP contribution in [0.15, 0.2) is 48.8 Å². The Hall–Kier alpha value is -4.27. The molecule has 266 valence electrons. The first-order valence-electron chi connectivity index (χ1n) is 16.3.